The molecule has 10 nitrogen and oxygen atoms in total. The van der Waals surface area contributed by atoms with Crippen molar-refractivity contribution in [2.24, 2.45) is 5.73 Å². The number of hydrogen-bond acceptors (Lipinski definition) is 7. The van der Waals surface area contributed by atoms with E-state index in [0.29, 0.717) is 5.56 Å². The summed E-state index contributed by atoms with van der Waals surface area (Å²) in [5, 5.41) is 11.0. The summed E-state index contributed by atoms with van der Waals surface area (Å²) in [5.74, 6) is -0.521. The van der Waals surface area contributed by atoms with Crippen molar-refractivity contribution in [3.63, 3.8) is 0 Å². The third kappa shape index (κ3) is 4.96. The number of amides is 2. The number of non-ortho nitro benzene ring substituents is 1. The monoisotopic (exact) mass is 417 g/mol. The summed E-state index contributed by atoms with van der Waals surface area (Å²) < 4.78 is 15.9. The molecule has 0 aromatic heterocycles. The number of nitrogens with two attached hydrogens (primary N) is 1. The van der Waals surface area contributed by atoms with Gasteiger partial charge in [0, 0.05) is 24.7 Å². The number of carbonyl (C=O) groups is 2. The van der Waals surface area contributed by atoms with Crippen LogP contribution in [0.3, 0.4) is 0 Å². The fraction of sp³-hybridized carbons (Fsp3) is 0.300. The van der Waals surface area contributed by atoms with Gasteiger partial charge in [-0.2, -0.15) is 0 Å². The van der Waals surface area contributed by atoms with Gasteiger partial charge >= 0.3 is 0 Å². The van der Waals surface area contributed by atoms with Gasteiger partial charge in [0.15, 0.2) is 18.1 Å². The molecule has 0 saturated carbocycles. The van der Waals surface area contributed by atoms with E-state index in [1.165, 1.54) is 43.4 Å². The van der Waals surface area contributed by atoms with Crippen LogP contribution in [0.5, 0.6) is 17.2 Å². The van der Waals surface area contributed by atoms with E-state index in [1.807, 2.05) is 0 Å². The van der Waals surface area contributed by atoms with Gasteiger partial charge in [0.1, 0.15) is 0 Å². The molecule has 30 heavy (non-hydrogen) atoms. The molecule has 0 aliphatic heterocycles. The van der Waals surface area contributed by atoms with Crippen LogP contribution in [0.2, 0.25) is 0 Å². The molecule has 10 heteroatoms. The van der Waals surface area contributed by atoms with E-state index in [2.05, 4.69) is 0 Å². The molecular weight excluding hydrogens is 394 g/mol. The highest BCUT2D eigenvalue weighted by Crippen LogP contribution is 2.39. The average molecular weight is 417 g/mol. The van der Waals surface area contributed by atoms with Crippen LogP contribution in [-0.4, -0.2) is 49.5 Å². The normalized spacial score (nSPS) is 11.3. The molecule has 0 aliphatic rings. The molecule has 160 valence electrons. The number of rotatable bonds is 9. The van der Waals surface area contributed by atoms with Crippen molar-refractivity contribution in [1.29, 1.82) is 0 Å². The maximum absolute atomic E-state index is 13.1. The first-order chi connectivity index (χ1) is 14.2. The maximum Gasteiger partial charge on any atom is 0.269 e. The smallest absolute Gasteiger partial charge is 0.269 e. The number of benzene rings is 2. The summed E-state index contributed by atoms with van der Waals surface area (Å²) in [7, 11) is 4.35. The van der Waals surface area contributed by atoms with Crippen LogP contribution < -0.4 is 19.9 Å². The molecule has 0 bridgehead atoms. The Morgan fingerprint density at radius 1 is 1.17 bits per heavy atom. The van der Waals surface area contributed by atoms with E-state index in [0.717, 1.165) is 0 Å². The third-order valence-electron chi connectivity index (χ3n) is 4.53. The van der Waals surface area contributed by atoms with Crippen LogP contribution in [0.15, 0.2) is 36.4 Å². The van der Waals surface area contributed by atoms with Crippen molar-refractivity contribution in [2.45, 2.75) is 13.0 Å². The van der Waals surface area contributed by atoms with Crippen molar-refractivity contribution in [3.8, 4) is 17.2 Å². The lowest BCUT2D eigenvalue weighted by Gasteiger charge is -2.26. The van der Waals surface area contributed by atoms with Crippen LogP contribution in [0.1, 0.15) is 28.9 Å². The van der Waals surface area contributed by atoms with Gasteiger partial charge in [0.05, 0.1) is 25.2 Å². The molecule has 2 N–H and O–H groups in total. The molecule has 2 amide bonds. The first-order valence-electron chi connectivity index (χ1n) is 8.88. The number of nitrogens with zero attached hydrogens (tertiary/aromatic N) is 2. The van der Waals surface area contributed by atoms with Crippen LogP contribution in [0.4, 0.5) is 5.69 Å². The Morgan fingerprint density at radius 3 is 2.27 bits per heavy atom. The van der Waals surface area contributed by atoms with E-state index in [9.17, 15) is 19.7 Å². The molecule has 1 atom stereocenters. The van der Waals surface area contributed by atoms with Gasteiger partial charge in [-0.05, 0) is 24.6 Å². The average Bonchev–Trinajstić information content (AvgIpc) is 2.75. The van der Waals surface area contributed by atoms with Crippen LogP contribution in [0.25, 0.3) is 0 Å². The van der Waals surface area contributed by atoms with Crippen LogP contribution >= 0.6 is 0 Å². The van der Waals surface area contributed by atoms with Crippen molar-refractivity contribution in [3.05, 3.63) is 57.6 Å². The van der Waals surface area contributed by atoms with Crippen LogP contribution in [0, 0.1) is 10.1 Å². The quantitative estimate of drug-likeness (QED) is 0.489. The first kappa shape index (κ1) is 22.5. The predicted molar refractivity (Wildman–Crippen MR) is 108 cm³/mol. The molecule has 0 radical (unpaired) electrons. The van der Waals surface area contributed by atoms with Crippen LogP contribution in [-0.2, 0) is 4.79 Å². The number of methoxy groups -OCH3 is 2. The molecule has 2 rings (SSSR count). The molecule has 0 heterocycles. The van der Waals surface area contributed by atoms with Gasteiger partial charge in [-0.25, -0.2) is 0 Å². The topological polar surface area (TPSA) is 134 Å². The Morgan fingerprint density at radius 2 is 1.77 bits per heavy atom. The zero-order chi connectivity index (χ0) is 22.4. The van der Waals surface area contributed by atoms with E-state index in [-0.39, 0.29) is 41.0 Å². The molecule has 0 aliphatic carbocycles. The minimum Gasteiger partial charge on any atom is -0.493 e. The second-order valence-electron chi connectivity index (χ2n) is 6.41. The highest BCUT2D eigenvalue weighted by molar-refractivity contribution is 5.95. The van der Waals surface area contributed by atoms with Crippen molar-refractivity contribution in [2.75, 3.05) is 27.9 Å². The lowest BCUT2D eigenvalue weighted by molar-refractivity contribution is -0.384. The summed E-state index contributed by atoms with van der Waals surface area (Å²) >= 11 is 0. The molecule has 2 aromatic rings. The number of primary amides is 1. The molecule has 0 fully saturated rings. The van der Waals surface area contributed by atoms with Crippen molar-refractivity contribution in [1.82, 2.24) is 4.90 Å². The lowest BCUT2D eigenvalue weighted by Crippen LogP contribution is -2.29. The second-order valence-corrected chi connectivity index (χ2v) is 6.41. The highest BCUT2D eigenvalue weighted by Gasteiger charge is 2.24. The number of nitro benzene ring substituents is 1. The number of nitro groups is 1. The summed E-state index contributed by atoms with van der Waals surface area (Å²) in [5.41, 5.74) is 5.91. The van der Waals surface area contributed by atoms with Gasteiger partial charge in [-0.3, -0.25) is 19.7 Å². The molecule has 0 spiro atoms. The Balaban J connectivity index is 2.35. The van der Waals surface area contributed by atoms with E-state index < -0.39 is 16.9 Å². The van der Waals surface area contributed by atoms with Gasteiger partial charge in [0.25, 0.3) is 17.5 Å². The Hall–Kier alpha value is -3.82. The number of ether oxygens (including phenoxy) is 3. The Kier molecular flexibility index (Phi) is 7.18. The Bertz CT molecular complexity index is 936. The van der Waals surface area contributed by atoms with Gasteiger partial charge in [-0.1, -0.05) is 12.1 Å². The third-order valence-corrected chi connectivity index (χ3v) is 4.53. The largest absolute Gasteiger partial charge is 0.493 e. The van der Waals surface area contributed by atoms with E-state index >= 15 is 0 Å². The minimum absolute atomic E-state index is 0.0560. The standard InChI is InChI=1S/C20H23N3O7/c1-12(13-6-5-7-15(8-13)23(26)27)22(2)20(25)14-9-16(28-3)19(17(10-14)29-4)30-11-18(21)24/h5-10,12H,11H2,1-4H3,(H2,21,24). The highest BCUT2D eigenvalue weighted by atomic mass is 16.6. The summed E-state index contributed by atoms with van der Waals surface area (Å²) in [6.07, 6.45) is 0. The molecule has 1 unspecified atom stereocenters. The molecular formula is C20H23N3O7. The number of hydrogen-bond donors (Lipinski definition) is 1. The lowest BCUT2D eigenvalue weighted by atomic mass is 10.0. The minimum atomic E-state index is -0.676. The SMILES string of the molecule is COc1cc(C(=O)N(C)C(C)c2cccc([N+](=O)[O-])c2)cc(OC)c1OCC(N)=O. The zero-order valence-corrected chi connectivity index (χ0v) is 17.1. The van der Waals surface area contributed by atoms with Crippen molar-refractivity contribution >= 4 is 17.5 Å². The fourth-order valence-corrected chi connectivity index (χ4v) is 2.79. The van der Waals surface area contributed by atoms with E-state index in [1.54, 1.807) is 26.1 Å². The second kappa shape index (κ2) is 9.59. The fourth-order valence-electron chi connectivity index (χ4n) is 2.79. The number of carbonyl (C=O) groups excluding carboxylic acids is 2. The van der Waals surface area contributed by atoms with Gasteiger partial charge in [0.2, 0.25) is 5.75 Å². The van der Waals surface area contributed by atoms with E-state index in [4.69, 9.17) is 19.9 Å². The van der Waals surface area contributed by atoms with Crippen molar-refractivity contribution < 1.29 is 28.7 Å². The van der Waals surface area contributed by atoms with Gasteiger partial charge in [-0.15, -0.1) is 0 Å². The predicted octanol–water partition coefficient (Wildman–Crippen LogP) is 2.31. The summed E-state index contributed by atoms with van der Waals surface area (Å²) in [6, 6.07) is 8.56. The molecule has 0 saturated heterocycles. The summed E-state index contributed by atoms with van der Waals surface area (Å²) in [4.78, 5) is 36.1. The first-order valence-corrected chi connectivity index (χ1v) is 8.88. The maximum atomic E-state index is 13.1. The van der Waals surface area contributed by atoms with Gasteiger partial charge < -0.3 is 24.8 Å². The summed E-state index contributed by atoms with van der Waals surface area (Å²) in [6.45, 7) is 1.37. The zero-order valence-electron chi connectivity index (χ0n) is 17.1. The molecule has 2 aromatic carbocycles. The Labute approximate surface area is 173 Å².